The third kappa shape index (κ3) is 5.61. The maximum atomic E-state index is 11.7. The van der Waals surface area contributed by atoms with Crippen LogP contribution in [0.3, 0.4) is 0 Å². The first-order valence-corrected chi connectivity index (χ1v) is 7.50. The molecule has 1 aliphatic rings. The van der Waals surface area contributed by atoms with E-state index in [9.17, 15) is 4.79 Å². The maximum absolute atomic E-state index is 11.7. The largest absolute Gasteiger partial charge is 0.375 e. The molecule has 0 spiro atoms. The summed E-state index contributed by atoms with van der Waals surface area (Å²) in [5.74, 6) is 0. The summed E-state index contributed by atoms with van der Waals surface area (Å²) >= 11 is 0. The normalized spacial score (nSPS) is 15.8. The van der Waals surface area contributed by atoms with Crippen LogP contribution >= 0.6 is 0 Å². The van der Waals surface area contributed by atoms with Gasteiger partial charge in [-0.05, 0) is 18.4 Å². The van der Waals surface area contributed by atoms with Crippen LogP contribution in [0.5, 0.6) is 0 Å². The van der Waals surface area contributed by atoms with Crippen molar-refractivity contribution in [1.29, 1.82) is 0 Å². The minimum Gasteiger partial charge on any atom is -0.375 e. The molecule has 0 atom stereocenters. The second kappa shape index (κ2) is 8.59. The summed E-state index contributed by atoms with van der Waals surface area (Å²) in [6.07, 6.45) is 5.97. The lowest BCUT2D eigenvalue weighted by atomic mass is 9.96. The molecular weight excluding hydrogens is 252 g/mol. The number of carbonyl (C=O) groups is 1. The van der Waals surface area contributed by atoms with Crippen molar-refractivity contribution in [2.24, 2.45) is 0 Å². The number of urea groups is 1. The van der Waals surface area contributed by atoms with Crippen molar-refractivity contribution in [1.82, 2.24) is 10.6 Å². The number of carbonyl (C=O) groups excluding carboxylic acids is 1. The highest BCUT2D eigenvalue weighted by atomic mass is 16.5. The second-order valence-electron chi connectivity index (χ2n) is 5.27. The molecule has 1 aliphatic carbocycles. The van der Waals surface area contributed by atoms with Crippen LogP contribution in [0.2, 0.25) is 0 Å². The van der Waals surface area contributed by atoms with E-state index in [0.717, 1.165) is 18.4 Å². The highest BCUT2D eigenvalue weighted by Gasteiger charge is 2.14. The van der Waals surface area contributed by atoms with E-state index in [-0.39, 0.29) is 6.03 Å². The molecule has 0 heterocycles. The highest BCUT2D eigenvalue weighted by Crippen LogP contribution is 2.17. The van der Waals surface area contributed by atoms with Gasteiger partial charge in [0.05, 0.1) is 13.2 Å². The van der Waals surface area contributed by atoms with Gasteiger partial charge in [-0.1, -0.05) is 49.6 Å². The Labute approximate surface area is 120 Å². The fraction of sp³-hybridized carbons (Fsp3) is 0.562. The smallest absolute Gasteiger partial charge is 0.315 e. The maximum Gasteiger partial charge on any atom is 0.315 e. The molecule has 0 aromatic heterocycles. The first-order chi connectivity index (χ1) is 9.84. The Hall–Kier alpha value is -1.55. The van der Waals surface area contributed by atoms with Gasteiger partial charge in [-0.2, -0.15) is 0 Å². The summed E-state index contributed by atoms with van der Waals surface area (Å²) in [7, 11) is 0. The summed E-state index contributed by atoms with van der Waals surface area (Å²) in [5, 5.41) is 5.86. The van der Waals surface area contributed by atoms with Crippen LogP contribution in [0.15, 0.2) is 30.3 Å². The molecule has 2 rings (SSSR count). The predicted molar refractivity (Wildman–Crippen MR) is 79.5 cm³/mol. The Balaban J connectivity index is 1.51. The van der Waals surface area contributed by atoms with Gasteiger partial charge in [0.2, 0.25) is 0 Å². The molecule has 0 radical (unpaired) electrons. The molecule has 0 aliphatic heterocycles. The van der Waals surface area contributed by atoms with Gasteiger partial charge in [-0.3, -0.25) is 0 Å². The molecule has 4 heteroatoms. The van der Waals surface area contributed by atoms with Crippen molar-refractivity contribution in [2.75, 3.05) is 13.2 Å². The molecule has 2 N–H and O–H groups in total. The van der Waals surface area contributed by atoms with Crippen molar-refractivity contribution in [3.8, 4) is 0 Å². The molecule has 1 aromatic carbocycles. The van der Waals surface area contributed by atoms with Crippen LogP contribution in [-0.2, 0) is 11.3 Å². The van der Waals surface area contributed by atoms with Gasteiger partial charge in [0.1, 0.15) is 0 Å². The number of ether oxygens (including phenoxy) is 1. The summed E-state index contributed by atoms with van der Waals surface area (Å²) in [6.45, 7) is 1.67. The van der Waals surface area contributed by atoms with Crippen LogP contribution in [0, 0.1) is 0 Å². The van der Waals surface area contributed by atoms with Gasteiger partial charge >= 0.3 is 6.03 Å². The lowest BCUT2D eigenvalue weighted by Crippen LogP contribution is -2.43. The van der Waals surface area contributed by atoms with Gasteiger partial charge in [0.15, 0.2) is 0 Å². The molecule has 20 heavy (non-hydrogen) atoms. The summed E-state index contributed by atoms with van der Waals surface area (Å²) in [6, 6.07) is 10.3. The number of nitrogens with one attached hydrogen (secondary N) is 2. The third-order valence-electron chi connectivity index (χ3n) is 3.58. The zero-order valence-corrected chi connectivity index (χ0v) is 11.9. The van der Waals surface area contributed by atoms with Crippen molar-refractivity contribution >= 4 is 6.03 Å². The molecule has 0 bridgehead atoms. The Kier molecular flexibility index (Phi) is 6.38. The third-order valence-corrected chi connectivity index (χ3v) is 3.58. The zero-order chi connectivity index (χ0) is 14.0. The van der Waals surface area contributed by atoms with E-state index in [1.54, 1.807) is 0 Å². The van der Waals surface area contributed by atoms with Gasteiger partial charge in [0, 0.05) is 12.6 Å². The second-order valence-corrected chi connectivity index (χ2v) is 5.27. The number of hydrogen-bond donors (Lipinski definition) is 2. The lowest BCUT2D eigenvalue weighted by Gasteiger charge is -2.22. The van der Waals surface area contributed by atoms with Crippen molar-refractivity contribution in [3.63, 3.8) is 0 Å². The summed E-state index contributed by atoms with van der Waals surface area (Å²) in [5.41, 5.74) is 1.15. The molecule has 0 saturated heterocycles. The van der Waals surface area contributed by atoms with Gasteiger partial charge in [-0.25, -0.2) is 4.79 Å². The van der Waals surface area contributed by atoms with Crippen LogP contribution < -0.4 is 10.6 Å². The number of hydrogen-bond acceptors (Lipinski definition) is 2. The van der Waals surface area contributed by atoms with Crippen LogP contribution in [-0.4, -0.2) is 25.2 Å². The highest BCUT2D eigenvalue weighted by molar-refractivity contribution is 5.74. The standard InChI is InChI=1S/C16H24N2O2/c19-16(18-15-9-5-2-6-10-15)17-11-12-20-13-14-7-3-1-4-8-14/h1,3-4,7-8,15H,2,5-6,9-13H2,(H2,17,18,19). The Bertz CT molecular complexity index is 389. The summed E-state index contributed by atoms with van der Waals surface area (Å²) < 4.78 is 5.52. The summed E-state index contributed by atoms with van der Waals surface area (Å²) in [4.78, 5) is 11.7. The monoisotopic (exact) mass is 276 g/mol. The molecule has 0 unspecified atom stereocenters. The SMILES string of the molecule is O=C(NCCOCc1ccccc1)NC1CCCCC1. The molecule has 1 aromatic rings. The van der Waals surface area contributed by atoms with E-state index in [4.69, 9.17) is 4.74 Å². The van der Waals surface area contributed by atoms with Crippen molar-refractivity contribution < 1.29 is 9.53 Å². The van der Waals surface area contributed by atoms with Gasteiger partial charge < -0.3 is 15.4 Å². The van der Waals surface area contributed by atoms with E-state index < -0.39 is 0 Å². The lowest BCUT2D eigenvalue weighted by molar-refractivity contribution is 0.123. The molecule has 2 amide bonds. The Morgan fingerprint density at radius 2 is 1.90 bits per heavy atom. The van der Waals surface area contributed by atoms with Crippen LogP contribution in [0.4, 0.5) is 4.79 Å². The van der Waals surface area contributed by atoms with Crippen molar-refractivity contribution in [2.45, 2.75) is 44.8 Å². The Morgan fingerprint density at radius 3 is 2.65 bits per heavy atom. The first kappa shape index (κ1) is 14.9. The van der Waals surface area contributed by atoms with E-state index in [1.165, 1.54) is 19.3 Å². The van der Waals surface area contributed by atoms with Crippen LogP contribution in [0.25, 0.3) is 0 Å². The topological polar surface area (TPSA) is 50.4 Å². The molecule has 4 nitrogen and oxygen atoms in total. The predicted octanol–water partition coefficient (Wildman–Crippen LogP) is 2.84. The minimum atomic E-state index is -0.0692. The quantitative estimate of drug-likeness (QED) is 0.785. The average molecular weight is 276 g/mol. The Morgan fingerprint density at radius 1 is 1.15 bits per heavy atom. The van der Waals surface area contributed by atoms with E-state index in [2.05, 4.69) is 10.6 Å². The zero-order valence-electron chi connectivity index (χ0n) is 11.9. The fourth-order valence-corrected chi connectivity index (χ4v) is 2.48. The minimum absolute atomic E-state index is 0.0692. The molecular formula is C16H24N2O2. The number of rotatable bonds is 6. The van der Waals surface area contributed by atoms with Crippen LogP contribution in [0.1, 0.15) is 37.7 Å². The van der Waals surface area contributed by atoms with E-state index in [0.29, 0.717) is 25.8 Å². The van der Waals surface area contributed by atoms with Gasteiger partial charge in [-0.15, -0.1) is 0 Å². The first-order valence-electron chi connectivity index (χ1n) is 7.50. The van der Waals surface area contributed by atoms with E-state index in [1.807, 2.05) is 30.3 Å². The molecule has 1 fully saturated rings. The molecule has 110 valence electrons. The number of benzene rings is 1. The van der Waals surface area contributed by atoms with Gasteiger partial charge in [0.25, 0.3) is 0 Å². The van der Waals surface area contributed by atoms with Crippen molar-refractivity contribution in [3.05, 3.63) is 35.9 Å². The fourth-order valence-electron chi connectivity index (χ4n) is 2.48. The number of amides is 2. The average Bonchev–Trinajstić information content (AvgIpc) is 2.49. The van der Waals surface area contributed by atoms with E-state index >= 15 is 0 Å². The molecule has 1 saturated carbocycles.